The molecule has 38 heavy (non-hydrogen) atoms. The molecule has 9 heteroatoms. The Bertz CT molecular complexity index is 1130. The van der Waals surface area contributed by atoms with Crippen molar-refractivity contribution in [2.75, 3.05) is 66.9 Å². The number of methoxy groups -OCH3 is 2. The highest BCUT2D eigenvalue weighted by Gasteiger charge is 2.35. The summed E-state index contributed by atoms with van der Waals surface area (Å²) in [6.07, 6.45) is 2.02. The molecule has 2 aromatic rings. The highest BCUT2D eigenvalue weighted by molar-refractivity contribution is 5.86. The lowest BCUT2D eigenvalue weighted by Gasteiger charge is -2.39. The zero-order valence-electron chi connectivity index (χ0n) is 22.1. The van der Waals surface area contributed by atoms with E-state index in [4.69, 9.17) is 23.7 Å². The van der Waals surface area contributed by atoms with Crippen LogP contribution in [0.4, 0.5) is 0 Å². The van der Waals surface area contributed by atoms with Gasteiger partial charge in [-0.25, -0.2) is 0 Å². The Morgan fingerprint density at radius 2 is 1.61 bits per heavy atom. The van der Waals surface area contributed by atoms with Crippen LogP contribution in [-0.2, 0) is 25.5 Å². The van der Waals surface area contributed by atoms with E-state index in [1.807, 2.05) is 41.3 Å². The van der Waals surface area contributed by atoms with E-state index < -0.39 is 0 Å². The van der Waals surface area contributed by atoms with E-state index in [1.165, 1.54) is 0 Å². The third-order valence-corrected chi connectivity index (χ3v) is 7.60. The first kappa shape index (κ1) is 26.3. The number of amides is 2. The Hall–Kier alpha value is -3.30. The molecule has 2 bridgehead atoms. The van der Waals surface area contributed by atoms with Gasteiger partial charge in [-0.1, -0.05) is 12.1 Å². The molecule has 1 unspecified atom stereocenters. The average Bonchev–Trinajstić information content (AvgIpc) is 2.97. The van der Waals surface area contributed by atoms with E-state index in [2.05, 4.69) is 0 Å². The Kier molecular flexibility index (Phi) is 8.34. The van der Waals surface area contributed by atoms with Crippen molar-refractivity contribution in [2.45, 2.75) is 25.3 Å². The van der Waals surface area contributed by atoms with Crippen molar-refractivity contribution in [3.05, 3.63) is 53.1 Å². The maximum Gasteiger partial charge on any atom is 0.242 e. The SMILES string of the molecule is COc1cc2c(cc1OC)C1c3ccc(cc3)OCCOCCN(C(=O)C3CCOCC3)CC(=O)N1CC2. The highest BCUT2D eigenvalue weighted by atomic mass is 16.5. The van der Waals surface area contributed by atoms with Gasteiger partial charge >= 0.3 is 0 Å². The molecule has 4 aliphatic heterocycles. The van der Waals surface area contributed by atoms with Crippen molar-refractivity contribution in [1.29, 1.82) is 0 Å². The molecule has 2 amide bonds. The number of carbonyl (C=O) groups is 2. The van der Waals surface area contributed by atoms with Gasteiger partial charge in [-0.2, -0.15) is 0 Å². The quantitative estimate of drug-likeness (QED) is 0.571. The smallest absolute Gasteiger partial charge is 0.242 e. The molecule has 204 valence electrons. The van der Waals surface area contributed by atoms with Crippen LogP contribution >= 0.6 is 0 Å². The molecule has 2 aromatic carbocycles. The first-order chi connectivity index (χ1) is 18.6. The largest absolute Gasteiger partial charge is 0.493 e. The molecule has 0 aliphatic carbocycles. The molecule has 0 N–H and O–H groups in total. The van der Waals surface area contributed by atoms with Gasteiger partial charge < -0.3 is 33.5 Å². The van der Waals surface area contributed by atoms with Gasteiger partial charge in [0.05, 0.1) is 40.0 Å². The summed E-state index contributed by atoms with van der Waals surface area (Å²) >= 11 is 0. The number of hydrogen-bond acceptors (Lipinski definition) is 7. The predicted octanol–water partition coefficient (Wildman–Crippen LogP) is 2.84. The number of carbonyl (C=O) groups excluding carboxylic acids is 2. The van der Waals surface area contributed by atoms with E-state index >= 15 is 0 Å². The van der Waals surface area contributed by atoms with Crippen LogP contribution in [0.5, 0.6) is 17.2 Å². The van der Waals surface area contributed by atoms with Gasteiger partial charge in [-0.05, 0) is 60.2 Å². The van der Waals surface area contributed by atoms with Crippen molar-refractivity contribution < 1.29 is 33.3 Å². The summed E-state index contributed by atoms with van der Waals surface area (Å²) in [7, 11) is 3.24. The van der Waals surface area contributed by atoms with E-state index in [9.17, 15) is 9.59 Å². The van der Waals surface area contributed by atoms with Crippen LogP contribution in [0.2, 0.25) is 0 Å². The normalized spacial score (nSPS) is 21.0. The summed E-state index contributed by atoms with van der Waals surface area (Å²) in [6, 6.07) is 11.5. The summed E-state index contributed by atoms with van der Waals surface area (Å²) < 4.78 is 28.2. The second kappa shape index (κ2) is 12.0. The Balaban J connectivity index is 1.51. The van der Waals surface area contributed by atoms with Gasteiger partial charge in [0.15, 0.2) is 11.5 Å². The van der Waals surface area contributed by atoms with Crippen LogP contribution in [0.25, 0.3) is 0 Å². The lowest BCUT2D eigenvalue weighted by molar-refractivity contribution is -0.146. The predicted molar refractivity (Wildman–Crippen MR) is 140 cm³/mol. The van der Waals surface area contributed by atoms with E-state index in [-0.39, 0.29) is 30.3 Å². The topological polar surface area (TPSA) is 86.8 Å². The second-order valence-corrected chi connectivity index (χ2v) is 9.82. The van der Waals surface area contributed by atoms with Crippen LogP contribution in [0.1, 0.15) is 35.6 Å². The van der Waals surface area contributed by atoms with Crippen molar-refractivity contribution >= 4 is 11.8 Å². The number of hydrogen-bond donors (Lipinski definition) is 0. The minimum atomic E-state index is -0.332. The van der Waals surface area contributed by atoms with Gasteiger partial charge in [0.2, 0.25) is 11.8 Å². The fourth-order valence-corrected chi connectivity index (χ4v) is 5.54. The summed E-state index contributed by atoms with van der Waals surface area (Å²) in [5, 5.41) is 0. The van der Waals surface area contributed by atoms with Crippen molar-refractivity contribution in [3.8, 4) is 17.2 Å². The van der Waals surface area contributed by atoms with Crippen LogP contribution in [0.15, 0.2) is 36.4 Å². The number of ether oxygens (including phenoxy) is 5. The molecule has 0 saturated carbocycles. The number of nitrogens with zero attached hydrogens (tertiary/aromatic N) is 2. The summed E-state index contributed by atoms with van der Waals surface area (Å²) in [4.78, 5) is 31.0. The van der Waals surface area contributed by atoms with Gasteiger partial charge in [0, 0.05) is 32.2 Å². The second-order valence-electron chi connectivity index (χ2n) is 9.82. The van der Waals surface area contributed by atoms with E-state index in [0.29, 0.717) is 76.9 Å². The molecule has 0 aromatic heterocycles. The molecular weight excluding hydrogens is 488 g/mol. The van der Waals surface area contributed by atoms with Gasteiger partial charge in [-0.15, -0.1) is 0 Å². The Labute approximate surface area is 223 Å². The average molecular weight is 525 g/mol. The van der Waals surface area contributed by atoms with Crippen LogP contribution in [0, 0.1) is 5.92 Å². The first-order valence-corrected chi connectivity index (χ1v) is 13.3. The molecule has 4 aliphatic rings. The number of fused-ring (bicyclic) bond motifs is 11. The lowest BCUT2D eigenvalue weighted by atomic mass is 9.87. The van der Waals surface area contributed by atoms with Gasteiger partial charge in [0.1, 0.15) is 12.4 Å². The Morgan fingerprint density at radius 1 is 0.895 bits per heavy atom. The Morgan fingerprint density at radius 3 is 2.34 bits per heavy atom. The maximum absolute atomic E-state index is 14.0. The van der Waals surface area contributed by atoms with Gasteiger partial charge in [-0.3, -0.25) is 9.59 Å². The summed E-state index contributed by atoms with van der Waals surface area (Å²) in [6.45, 7) is 3.17. The van der Waals surface area contributed by atoms with E-state index in [1.54, 1.807) is 19.1 Å². The molecule has 9 nitrogen and oxygen atoms in total. The zero-order chi connectivity index (χ0) is 26.5. The van der Waals surface area contributed by atoms with Crippen LogP contribution in [0.3, 0.4) is 0 Å². The summed E-state index contributed by atoms with van der Waals surface area (Å²) in [5.74, 6) is 1.79. The van der Waals surface area contributed by atoms with Crippen molar-refractivity contribution in [3.63, 3.8) is 0 Å². The maximum atomic E-state index is 14.0. The molecule has 1 saturated heterocycles. The summed E-state index contributed by atoms with van der Waals surface area (Å²) in [5.41, 5.74) is 3.07. The van der Waals surface area contributed by atoms with E-state index in [0.717, 1.165) is 22.4 Å². The number of benzene rings is 2. The first-order valence-electron chi connectivity index (χ1n) is 13.3. The molecule has 1 atom stereocenters. The fraction of sp³-hybridized carbons (Fsp3) is 0.517. The zero-order valence-corrected chi connectivity index (χ0v) is 22.1. The molecule has 4 heterocycles. The molecule has 0 radical (unpaired) electrons. The number of rotatable bonds is 3. The lowest BCUT2D eigenvalue weighted by Crippen LogP contribution is -2.49. The molecule has 6 rings (SSSR count). The molecule has 1 fully saturated rings. The molecular formula is C29H36N2O7. The molecule has 0 spiro atoms. The van der Waals surface area contributed by atoms with Crippen molar-refractivity contribution in [2.24, 2.45) is 5.92 Å². The third-order valence-electron chi connectivity index (χ3n) is 7.60. The van der Waals surface area contributed by atoms with Gasteiger partial charge in [0.25, 0.3) is 0 Å². The minimum Gasteiger partial charge on any atom is -0.493 e. The standard InChI is InChI=1S/C29H36N2O7/c1-34-25-17-22-7-10-31-27(32)19-30(29(33)21-8-12-36-13-9-21)11-14-37-15-16-38-23-5-3-20(4-6-23)28(31)24(22)18-26(25)35-2/h3-6,17-18,21,28H,7-16,19H2,1-2H3. The monoisotopic (exact) mass is 524 g/mol. The minimum absolute atomic E-state index is 0.00453. The fourth-order valence-electron chi connectivity index (χ4n) is 5.54. The highest BCUT2D eigenvalue weighted by Crippen LogP contribution is 2.41. The van der Waals surface area contributed by atoms with Crippen LogP contribution < -0.4 is 14.2 Å². The third kappa shape index (κ3) is 5.59. The van der Waals surface area contributed by atoms with Crippen molar-refractivity contribution in [1.82, 2.24) is 9.80 Å². The van der Waals surface area contributed by atoms with Crippen LogP contribution in [-0.4, -0.2) is 88.5 Å².